The zero-order valence-electron chi connectivity index (χ0n) is 13.0. The number of piperidine rings is 1. The lowest BCUT2D eigenvalue weighted by Gasteiger charge is -2.44. The highest BCUT2D eigenvalue weighted by molar-refractivity contribution is 5.35. The van der Waals surface area contributed by atoms with Gasteiger partial charge in [-0.1, -0.05) is 17.7 Å². The van der Waals surface area contributed by atoms with E-state index in [2.05, 4.69) is 17.9 Å². The number of rotatable bonds is 4. The molecule has 4 nitrogen and oxygen atoms in total. The molecule has 1 aromatic carbocycles. The van der Waals surface area contributed by atoms with Gasteiger partial charge in [-0.15, -0.1) is 0 Å². The van der Waals surface area contributed by atoms with Gasteiger partial charge in [0.05, 0.1) is 19.3 Å². The first kappa shape index (κ1) is 14.8. The molecule has 0 amide bonds. The summed E-state index contributed by atoms with van der Waals surface area (Å²) in [5, 5.41) is 10.7. The summed E-state index contributed by atoms with van der Waals surface area (Å²) in [4.78, 5) is 2.43. The van der Waals surface area contributed by atoms with Crippen molar-refractivity contribution in [1.82, 2.24) is 4.90 Å². The van der Waals surface area contributed by atoms with Crippen molar-refractivity contribution in [3.63, 3.8) is 0 Å². The monoisotopic (exact) mass is 291 g/mol. The Morgan fingerprint density at radius 3 is 2.57 bits per heavy atom. The fourth-order valence-corrected chi connectivity index (χ4v) is 3.06. The van der Waals surface area contributed by atoms with Gasteiger partial charge in [0, 0.05) is 13.1 Å². The van der Waals surface area contributed by atoms with Gasteiger partial charge in [0.15, 0.2) is 0 Å². The number of ether oxygens (including phenoxy) is 2. The van der Waals surface area contributed by atoms with Crippen LogP contribution in [0.1, 0.15) is 24.0 Å². The number of aryl methyl sites for hydroxylation is 2. The number of nitrogens with zero attached hydrogens (tertiary/aromatic N) is 1. The number of hydrogen-bond donors (Lipinski definition) is 1. The van der Waals surface area contributed by atoms with Crippen LogP contribution in [0.4, 0.5) is 0 Å². The van der Waals surface area contributed by atoms with Crippen molar-refractivity contribution in [3.8, 4) is 5.75 Å². The van der Waals surface area contributed by atoms with Crippen LogP contribution in [0.3, 0.4) is 0 Å². The first-order chi connectivity index (χ1) is 10.1. The molecule has 0 bridgehead atoms. The second-order valence-corrected chi connectivity index (χ2v) is 6.51. The van der Waals surface area contributed by atoms with E-state index in [4.69, 9.17) is 9.47 Å². The highest BCUT2D eigenvalue weighted by atomic mass is 16.5. The van der Waals surface area contributed by atoms with Crippen LogP contribution in [0.2, 0.25) is 0 Å². The predicted molar refractivity (Wildman–Crippen MR) is 81.8 cm³/mol. The molecular weight excluding hydrogens is 266 g/mol. The fourth-order valence-electron chi connectivity index (χ4n) is 3.06. The van der Waals surface area contributed by atoms with Crippen molar-refractivity contribution >= 4 is 0 Å². The van der Waals surface area contributed by atoms with Gasteiger partial charge in [0.25, 0.3) is 0 Å². The molecule has 2 aliphatic rings. The van der Waals surface area contributed by atoms with Gasteiger partial charge < -0.3 is 14.6 Å². The quantitative estimate of drug-likeness (QED) is 0.920. The second-order valence-electron chi connectivity index (χ2n) is 6.51. The Kier molecular flexibility index (Phi) is 4.20. The Balaban J connectivity index is 1.52. The van der Waals surface area contributed by atoms with E-state index >= 15 is 0 Å². The summed E-state index contributed by atoms with van der Waals surface area (Å²) in [6, 6.07) is 6.72. The number of aliphatic hydroxyl groups is 1. The van der Waals surface area contributed by atoms with Crippen molar-refractivity contribution in [2.45, 2.75) is 38.3 Å². The minimum Gasteiger partial charge on any atom is -0.490 e. The lowest BCUT2D eigenvalue weighted by molar-refractivity contribution is -0.108. The summed E-state index contributed by atoms with van der Waals surface area (Å²) in [6.07, 6.45) is 1.54. The van der Waals surface area contributed by atoms with Crippen LogP contribution in [0.25, 0.3) is 0 Å². The highest BCUT2D eigenvalue weighted by Gasteiger charge is 2.37. The van der Waals surface area contributed by atoms with Crippen LogP contribution in [-0.4, -0.2) is 54.6 Å². The number of hydrogen-bond acceptors (Lipinski definition) is 4. The summed E-state index contributed by atoms with van der Waals surface area (Å²) in [6.45, 7) is 8.05. The van der Waals surface area contributed by atoms with Crippen molar-refractivity contribution in [2.75, 3.05) is 32.9 Å². The van der Waals surface area contributed by atoms with Gasteiger partial charge in [-0.2, -0.15) is 0 Å². The van der Waals surface area contributed by atoms with Gasteiger partial charge in [-0.05, 0) is 38.3 Å². The van der Waals surface area contributed by atoms with Crippen LogP contribution < -0.4 is 4.74 Å². The van der Waals surface area contributed by atoms with Crippen LogP contribution in [-0.2, 0) is 4.74 Å². The molecule has 116 valence electrons. The van der Waals surface area contributed by atoms with Gasteiger partial charge in [0.2, 0.25) is 0 Å². The zero-order valence-corrected chi connectivity index (χ0v) is 13.0. The lowest BCUT2D eigenvalue weighted by atomic mass is 9.91. The third kappa shape index (κ3) is 3.39. The van der Waals surface area contributed by atoms with Crippen molar-refractivity contribution in [1.29, 1.82) is 0 Å². The smallest absolute Gasteiger partial charge is 0.122 e. The lowest BCUT2D eigenvalue weighted by Crippen LogP contribution is -2.56. The van der Waals surface area contributed by atoms with E-state index in [1.54, 1.807) is 0 Å². The Bertz CT molecular complexity index is 491. The average molecular weight is 291 g/mol. The molecule has 1 N–H and O–H groups in total. The van der Waals surface area contributed by atoms with Crippen LogP contribution in [0, 0.1) is 13.8 Å². The molecule has 1 aromatic rings. The third-order valence-electron chi connectivity index (χ3n) is 4.69. The molecule has 0 aliphatic carbocycles. The molecule has 2 fully saturated rings. The molecule has 0 saturated carbocycles. The molecule has 0 unspecified atom stereocenters. The van der Waals surface area contributed by atoms with Gasteiger partial charge in [-0.3, -0.25) is 4.90 Å². The van der Waals surface area contributed by atoms with Gasteiger partial charge in [0.1, 0.15) is 18.0 Å². The van der Waals surface area contributed by atoms with E-state index in [1.165, 1.54) is 5.56 Å². The van der Waals surface area contributed by atoms with Gasteiger partial charge in [-0.25, -0.2) is 0 Å². The maximum atomic E-state index is 10.7. The molecule has 4 heteroatoms. The Hall–Kier alpha value is -1.10. The largest absolute Gasteiger partial charge is 0.490 e. The number of benzene rings is 1. The first-order valence-corrected chi connectivity index (χ1v) is 7.80. The van der Waals surface area contributed by atoms with E-state index in [-0.39, 0.29) is 0 Å². The maximum Gasteiger partial charge on any atom is 0.122 e. The molecule has 21 heavy (non-hydrogen) atoms. The molecule has 2 aliphatic heterocycles. The summed E-state index contributed by atoms with van der Waals surface area (Å²) < 4.78 is 11.1. The minimum atomic E-state index is -0.696. The SMILES string of the molecule is Cc1ccc(OCC2(O)CCN(C3COC3)CC2)c(C)c1. The average Bonchev–Trinajstić information content (AvgIpc) is 2.39. The zero-order chi connectivity index (χ0) is 14.9. The normalized spacial score (nSPS) is 22.8. The van der Waals surface area contributed by atoms with Crippen molar-refractivity contribution in [3.05, 3.63) is 29.3 Å². The van der Waals surface area contributed by atoms with E-state index < -0.39 is 5.60 Å². The molecule has 0 radical (unpaired) electrons. The van der Waals surface area contributed by atoms with Crippen molar-refractivity contribution in [2.24, 2.45) is 0 Å². The second kappa shape index (κ2) is 5.95. The topological polar surface area (TPSA) is 41.9 Å². The van der Waals surface area contributed by atoms with E-state index in [1.807, 2.05) is 19.1 Å². The van der Waals surface area contributed by atoms with E-state index in [0.717, 1.165) is 50.5 Å². The molecular formula is C17H25NO3. The molecule has 2 heterocycles. The van der Waals surface area contributed by atoms with E-state index in [9.17, 15) is 5.11 Å². The van der Waals surface area contributed by atoms with Crippen LogP contribution >= 0.6 is 0 Å². The molecule has 3 rings (SSSR count). The Labute approximate surface area is 126 Å². The van der Waals surface area contributed by atoms with Gasteiger partial charge >= 0.3 is 0 Å². The number of likely N-dealkylation sites (tertiary alicyclic amines) is 1. The van der Waals surface area contributed by atoms with Crippen LogP contribution in [0.5, 0.6) is 5.75 Å². The minimum absolute atomic E-state index is 0.381. The summed E-state index contributed by atoms with van der Waals surface area (Å²) in [5.74, 6) is 0.879. The third-order valence-corrected chi connectivity index (χ3v) is 4.69. The Morgan fingerprint density at radius 2 is 2.00 bits per heavy atom. The predicted octanol–water partition coefficient (Wildman–Crippen LogP) is 1.91. The van der Waals surface area contributed by atoms with Crippen LogP contribution in [0.15, 0.2) is 18.2 Å². The summed E-state index contributed by atoms with van der Waals surface area (Å²) >= 11 is 0. The first-order valence-electron chi connectivity index (χ1n) is 7.80. The summed E-state index contributed by atoms with van der Waals surface area (Å²) in [5.41, 5.74) is 1.66. The summed E-state index contributed by atoms with van der Waals surface area (Å²) in [7, 11) is 0. The van der Waals surface area contributed by atoms with E-state index in [0.29, 0.717) is 12.6 Å². The molecule has 2 saturated heterocycles. The Morgan fingerprint density at radius 1 is 1.29 bits per heavy atom. The molecule has 0 aromatic heterocycles. The molecule has 0 spiro atoms. The fraction of sp³-hybridized carbons (Fsp3) is 0.647. The standard InChI is InChI=1S/C17H25NO3/c1-13-3-4-16(14(2)9-13)21-12-17(19)5-7-18(8-6-17)15-10-20-11-15/h3-4,9,15,19H,5-8,10-12H2,1-2H3. The highest BCUT2D eigenvalue weighted by Crippen LogP contribution is 2.27. The van der Waals surface area contributed by atoms with Crippen molar-refractivity contribution < 1.29 is 14.6 Å². The molecule has 0 atom stereocenters. The maximum absolute atomic E-state index is 10.7.